The van der Waals surface area contributed by atoms with Crippen LogP contribution in [-0.2, 0) is 16.9 Å². The Kier molecular flexibility index (Phi) is 6.71. The molecule has 1 aromatic heterocycles. The molecule has 42 heavy (non-hydrogen) atoms. The molecule has 4 aromatic carbocycles. The van der Waals surface area contributed by atoms with E-state index in [2.05, 4.69) is 22.1 Å². The Morgan fingerprint density at radius 1 is 1.00 bits per heavy atom. The summed E-state index contributed by atoms with van der Waals surface area (Å²) in [6.45, 7) is 10.8. The van der Waals surface area contributed by atoms with Gasteiger partial charge in [-0.25, -0.2) is 0 Å². The van der Waals surface area contributed by atoms with E-state index in [1.165, 1.54) is 6.07 Å². The average Bonchev–Trinajstić information content (AvgIpc) is 3.62. The van der Waals surface area contributed by atoms with E-state index in [-0.39, 0.29) is 17.1 Å². The second-order valence-corrected chi connectivity index (χ2v) is 11.5. The summed E-state index contributed by atoms with van der Waals surface area (Å²) in [6.07, 6.45) is 0. The van der Waals surface area contributed by atoms with Crippen LogP contribution in [-0.4, -0.2) is 28.3 Å². The Bertz CT molecular complexity index is 1850. The summed E-state index contributed by atoms with van der Waals surface area (Å²) in [7, 11) is 1.97. The van der Waals surface area contributed by atoms with Gasteiger partial charge in [0.2, 0.25) is 0 Å². The molecule has 0 unspecified atom stereocenters. The first-order valence-corrected chi connectivity index (χ1v) is 13.7. The zero-order chi connectivity index (χ0) is 29.6. The molecule has 0 aliphatic carbocycles. The topological polar surface area (TPSA) is 99.7 Å². The zero-order valence-electron chi connectivity index (χ0n) is 24.0. The number of aromatic nitrogens is 2. The quantitative estimate of drug-likeness (QED) is 0.186. The summed E-state index contributed by atoms with van der Waals surface area (Å²) in [5, 5.41) is 22.1. The Balaban J connectivity index is 1.20. The number of carbonyl (C=O) groups excluding carboxylic acids is 1. The minimum atomic E-state index is -0.292. The number of anilines is 3. The maximum atomic E-state index is 13.0. The monoisotopic (exact) mass is 560 g/mol. The molecule has 0 atom stereocenters. The van der Waals surface area contributed by atoms with Crippen LogP contribution in [0.3, 0.4) is 0 Å². The van der Waals surface area contributed by atoms with Crippen molar-refractivity contribution in [2.24, 2.45) is 0 Å². The van der Waals surface area contributed by atoms with Crippen LogP contribution >= 0.6 is 0 Å². The maximum absolute atomic E-state index is 13.0. The molecule has 6 rings (SSSR count). The van der Waals surface area contributed by atoms with E-state index in [1.54, 1.807) is 12.1 Å². The first-order valence-electron chi connectivity index (χ1n) is 13.7. The molecule has 1 aliphatic rings. The number of nitrogens with zero attached hydrogens (tertiary/aromatic N) is 2. The lowest BCUT2D eigenvalue weighted by Gasteiger charge is -2.21. The lowest BCUT2D eigenvalue weighted by molar-refractivity contribution is -0.194. The largest absolute Gasteiger partial charge is 0.508 e. The maximum Gasteiger partial charge on any atom is 0.255 e. The molecular formula is C34H32N4O4. The predicted molar refractivity (Wildman–Crippen MR) is 165 cm³/mol. The summed E-state index contributed by atoms with van der Waals surface area (Å²) in [5.41, 5.74) is 7.78. The van der Waals surface area contributed by atoms with Crippen molar-refractivity contribution in [3.8, 4) is 11.5 Å². The number of carbonyl (C=O) groups is 1. The zero-order valence-corrected chi connectivity index (χ0v) is 24.0. The molecule has 5 aromatic rings. The highest BCUT2D eigenvalue weighted by atomic mass is 17.2. The molecular weight excluding hydrogens is 528 g/mol. The summed E-state index contributed by atoms with van der Waals surface area (Å²) in [4.78, 5) is 25.3. The average molecular weight is 561 g/mol. The van der Waals surface area contributed by atoms with Gasteiger partial charge in [-0.15, -0.1) is 0 Å². The molecule has 0 spiro atoms. The number of benzene rings is 4. The van der Waals surface area contributed by atoms with Gasteiger partial charge in [0.15, 0.2) is 5.75 Å². The van der Waals surface area contributed by atoms with Gasteiger partial charge in [0.25, 0.3) is 5.91 Å². The number of phenols is 1. The van der Waals surface area contributed by atoms with Crippen LogP contribution in [0.5, 0.6) is 11.5 Å². The number of aromatic hydroxyl groups is 1. The molecule has 0 bridgehead atoms. The van der Waals surface area contributed by atoms with Gasteiger partial charge < -0.3 is 20.2 Å². The fourth-order valence-electron chi connectivity index (χ4n) is 5.13. The third kappa shape index (κ3) is 5.08. The minimum absolute atomic E-state index is 0.112. The van der Waals surface area contributed by atoms with Crippen LogP contribution in [0.15, 0.2) is 85.4 Å². The van der Waals surface area contributed by atoms with Crippen LogP contribution < -0.4 is 15.1 Å². The van der Waals surface area contributed by atoms with E-state index in [4.69, 9.17) is 9.78 Å². The number of H-pyrrole nitrogens is 1. The first kappa shape index (κ1) is 27.1. The van der Waals surface area contributed by atoms with E-state index < -0.39 is 0 Å². The van der Waals surface area contributed by atoms with E-state index in [9.17, 15) is 9.90 Å². The fourth-order valence-corrected chi connectivity index (χ4v) is 5.13. The Hall–Kier alpha value is -5.08. The minimum Gasteiger partial charge on any atom is -0.508 e. The number of amides is 1. The molecule has 8 nitrogen and oxygen atoms in total. The smallest absolute Gasteiger partial charge is 0.255 e. The van der Waals surface area contributed by atoms with Crippen LogP contribution in [0, 0.1) is 0 Å². The summed E-state index contributed by atoms with van der Waals surface area (Å²) in [5.74, 6) is 0.521. The van der Waals surface area contributed by atoms with Gasteiger partial charge in [0.05, 0.1) is 11.2 Å². The van der Waals surface area contributed by atoms with Crippen LogP contribution in [0.1, 0.15) is 53.5 Å². The number of hydrogen-bond donors (Lipinski definition) is 3. The number of hydrogen-bond acceptors (Lipinski definition) is 6. The van der Waals surface area contributed by atoms with Gasteiger partial charge in [0.1, 0.15) is 12.4 Å². The molecule has 212 valence electrons. The third-order valence-electron chi connectivity index (χ3n) is 7.56. The van der Waals surface area contributed by atoms with E-state index in [1.807, 2.05) is 93.4 Å². The van der Waals surface area contributed by atoms with Crippen molar-refractivity contribution in [1.29, 1.82) is 0 Å². The number of rotatable bonds is 6. The van der Waals surface area contributed by atoms with Crippen molar-refractivity contribution in [2.45, 2.75) is 32.8 Å². The summed E-state index contributed by atoms with van der Waals surface area (Å²) in [6, 6.07) is 24.6. The van der Waals surface area contributed by atoms with Crippen molar-refractivity contribution in [3.05, 3.63) is 113 Å². The molecule has 0 fully saturated rings. The van der Waals surface area contributed by atoms with E-state index >= 15 is 0 Å². The lowest BCUT2D eigenvalue weighted by Crippen LogP contribution is -2.15. The van der Waals surface area contributed by atoms with Gasteiger partial charge >= 0.3 is 0 Å². The van der Waals surface area contributed by atoms with E-state index in [0.29, 0.717) is 23.6 Å². The first-order chi connectivity index (χ1) is 20.1. The Labute approximate surface area is 244 Å². The summed E-state index contributed by atoms with van der Waals surface area (Å²) >= 11 is 0. The normalized spacial score (nSPS) is 12.6. The second kappa shape index (κ2) is 10.4. The van der Waals surface area contributed by atoms with E-state index in [0.717, 1.165) is 50.2 Å². The Morgan fingerprint density at radius 3 is 2.57 bits per heavy atom. The molecule has 1 aliphatic heterocycles. The Morgan fingerprint density at radius 2 is 1.79 bits per heavy atom. The molecule has 0 saturated carbocycles. The number of aromatic amines is 1. The number of fused-ring (bicyclic) bond motifs is 2. The highest BCUT2D eigenvalue weighted by Crippen LogP contribution is 2.35. The summed E-state index contributed by atoms with van der Waals surface area (Å²) < 4.78 is 0. The highest BCUT2D eigenvalue weighted by molar-refractivity contribution is 6.05. The molecule has 3 N–H and O–H groups in total. The molecule has 2 heterocycles. The van der Waals surface area contributed by atoms with Crippen molar-refractivity contribution in [1.82, 2.24) is 10.2 Å². The predicted octanol–water partition coefficient (Wildman–Crippen LogP) is 7.47. The second-order valence-electron chi connectivity index (χ2n) is 11.5. The van der Waals surface area contributed by atoms with Crippen molar-refractivity contribution >= 4 is 39.4 Å². The van der Waals surface area contributed by atoms with Gasteiger partial charge in [-0.05, 0) is 71.1 Å². The molecule has 0 radical (unpaired) electrons. The molecule has 0 saturated heterocycles. The van der Waals surface area contributed by atoms with Crippen molar-refractivity contribution < 1.29 is 19.7 Å². The lowest BCUT2D eigenvalue weighted by atomic mass is 9.86. The van der Waals surface area contributed by atoms with Crippen LogP contribution in [0.2, 0.25) is 0 Å². The fraction of sp³-hybridized carbons (Fsp3) is 0.176. The van der Waals surface area contributed by atoms with Gasteiger partial charge in [-0.3, -0.25) is 9.89 Å². The van der Waals surface area contributed by atoms with Crippen molar-refractivity contribution in [3.63, 3.8) is 0 Å². The standard InChI is InChI=1S/C34H32N4O4/c1-20(21-9-10-23-19-41-42-31(23)16-21)32-27-13-12-26(18-29(27)36-37-32)38(5)25-8-6-7-24(17-25)35-33(40)22-11-14-28(30(39)15-22)34(2,3)4/h6-18,39H,1,19H2,2-5H3,(H,35,40)(H,36,37). The van der Waals surface area contributed by atoms with Gasteiger partial charge in [-0.2, -0.15) is 9.99 Å². The molecule has 1 amide bonds. The van der Waals surface area contributed by atoms with Gasteiger partial charge in [0, 0.05) is 46.2 Å². The number of nitrogens with one attached hydrogen (secondary N) is 2. The highest BCUT2D eigenvalue weighted by Gasteiger charge is 2.20. The SMILES string of the molecule is C=C(c1ccc2c(c1)OOC2)c1n[nH]c2cc(N(C)c3cccc(NC(=O)c4ccc(C(C)(C)C)c(O)c4)c3)ccc12. The third-order valence-corrected chi connectivity index (χ3v) is 7.56. The van der Waals surface area contributed by atoms with Gasteiger partial charge in [-0.1, -0.05) is 51.6 Å². The number of phenolic OH excluding ortho intramolecular Hbond substituents is 1. The van der Waals surface area contributed by atoms with Crippen molar-refractivity contribution in [2.75, 3.05) is 17.3 Å². The molecule has 8 heteroatoms. The van der Waals surface area contributed by atoms with Crippen LogP contribution in [0.4, 0.5) is 17.1 Å². The van der Waals surface area contributed by atoms with Crippen LogP contribution in [0.25, 0.3) is 16.5 Å².